The number of nitrogens with one attached hydrogen (secondary N) is 1. The minimum atomic E-state index is 0.346. The number of phenols is 1. The van der Waals surface area contributed by atoms with Crippen LogP contribution in [0.25, 0.3) is 0 Å². The number of hydrogen-bond donors (Lipinski definition) is 2. The molecule has 1 aliphatic heterocycles. The molecule has 5 unspecified atom stereocenters. The van der Waals surface area contributed by atoms with Crippen molar-refractivity contribution in [3.05, 3.63) is 23.3 Å². The van der Waals surface area contributed by atoms with Crippen LogP contribution in [-0.2, 0) is 4.84 Å². The summed E-state index contributed by atoms with van der Waals surface area (Å²) in [7, 11) is 1.68. The maximum absolute atomic E-state index is 10.9. The third-order valence-electron chi connectivity index (χ3n) is 7.14. The van der Waals surface area contributed by atoms with Gasteiger partial charge in [-0.25, -0.2) is 0 Å². The average Bonchev–Trinajstić information content (AvgIpc) is 2.70. The summed E-state index contributed by atoms with van der Waals surface area (Å²) in [4.78, 5) is 5.16. The number of ether oxygens (including phenoxy) is 1. The highest BCUT2D eigenvalue weighted by molar-refractivity contribution is 5.52. The molecule has 2 aliphatic rings. The maximum atomic E-state index is 10.9. The summed E-state index contributed by atoms with van der Waals surface area (Å²) in [5, 5.41) is 10.9. The van der Waals surface area contributed by atoms with Gasteiger partial charge in [0.05, 0.1) is 13.7 Å². The van der Waals surface area contributed by atoms with Gasteiger partial charge in [-0.05, 0) is 54.7 Å². The molecule has 28 heavy (non-hydrogen) atoms. The van der Waals surface area contributed by atoms with Gasteiger partial charge in [0, 0.05) is 17.5 Å². The van der Waals surface area contributed by atoms with Crippen LogP contribution in [0, 0.1) is 11.8 Å². The average molecular weight is 390 g/mol. The summed E-state index contributed by atoms with van der Waals surface area (Å²) in [6.45, 7) is 7.65. The Morgan fingerprint density at radius 2 is 2.04 bits per heavy atom. The van der Waals surface area contributed by atoms with Crippen LogP contribution in [0.5, 0.6) is 11.5 Å². The van der Waals surface area contributed by atoms with Crippen molar-refractivity contribution in [1.29, 1.82) is 0 Å². The van der Waals surface area contributed by atoms with Crippen molar-refractivity contribution in [2.45, 2.75) is 90.0 Å². The maximum Gasteiger partial charge on any atom is 0.126 e. The lowest BCUT2D eigenvalue weighted by atomic mass is 9.71. The van der Waals surface area contributed by atoms with Crippen molar-refractivity contribution in [3.63, 3.8) is 0 Å². The molecular weight excluding hydrogens is 350 g/mol. The smallest absolute Gasteiger partial charge is 0.126 e. The van der Waals surface area contributed by atoms with E-state index in [1.54, 1.807) is 7.11 Å². The molecule has 1 fully saturated rings. The van der Waals surface area contributed by atoms with Gasteiger partial charge < -0.3 is 14.7 Å². The van der Waals surface area contributed by atoms with Gasteiger partial charge in [0.15, 0.2) is 0 Å². The summed E-state index contributed by atoms with van der Waals surface area (Å²) in [5.74, 6) is 3.20. The normalized spacial score (nSPS) is 26.1. The molecule has 0 bridgehead atoms. The fourth-order valence-corrected chi connectivity index (χ4v) is 5.12. The Bertz CT molecular complexity index is 633. The van der Waals surface area contributed by atoms with Crippen LogP contribution in [0.3, 0.4) is 0 Å². The summed E-state index contributed by atoms with van der Waals surface area (Å²) in [5.41, 5.74) is 5.35. The first-order valence-corrected chi connectivity index (χ1v) is 11.3. The van der Waals surface area contributed by atoms with Gasteiger partial charge in [0.25, 0.3) is 0 Å². The first-order valence-electron chi connectivity index (χ1n) is 11.3. The van der Waals surface area contributed by atoms with Crippen LogP contribution in [-0.4, -0.2) is 24.9 Å². The lowest BCUT2D eigenvalue weighted by molar-refractivity contribution is 0.0296. The van der Waals surface area contributed by atoms with Gasteiger partial charge in [-0.15, -0.1) is 0 Å². The fourth-order valence-electron chi connectivity index (χ4n) is 5.12. The van der Waals surface area contributed by atoms with Gasteiger partial charge in [0.2, 0.25) is 0 Å². The molecule has 3 rings (SSSR count). The Balaban J connectivity index is 1.73. The number of unbranched alkanes of at least 4 members (excludes halogenated alkanes) is 3. The second-order valence-corrected chi connectivity index (χ2v) is 9.08. The first kappa shape index (κ1) is 21.4. The van der Waals surface area contributed by atoms with E-state index < -0.39 is 0 Å². The Hall–Kier alpha value is -1.26. The third-order valence-corrected chi connectivity index (χ3v) is 7.14. The molecule has 1 aromatic carbocycles. The molecule has 4 heteroatoms. The molecule has 1 heterocycles. The zero-order valence-electron chi connectivity index (χ0n) is 18.2. The van der Waals surface area contributed by atoms with E-state index in [4.69, 9.17) is 9.57 Å². The molecule has 5 atom stereocenters. The first-order chi connectivity index (χ1) is 13.5. The summed E-state index contributed by atoms with van der Waals surface area (Å²) >= 11 is 0. The second kappa shape index (κ2) is 9.98. The number of benzene rings is 1. The summed E-state index contributed by atoms with van der Waals surface area (Å²) < 4.78 is 6.14. The van der Waals surface area contributed by atoms with Crippen LogP contribution in [0.15, 0.2) is 12.1 Å². The molecule has 1 saturated carbocycles. The molecular formula is C24H39NO3. The third kappa shape index (κ3) is 4.83. The lowest BCUT2D eigenvalue weighted by Gasteiger charge is -2.40. The number of fused-ring (bicyclic) bond motifs is 3. The number of phenolic OH excluding ortho intramolecular Hbond substituents is 1. The predicted octanol–water partition coefficient (Wildman–Crippen LogP) is 5.90. The molecule has 0 spiro atoms. The van der Waals surface area contributed by atoms with Crippen molar-refractivity contribution >= 4 is 0 Å². The molecule has 2 N–H and O–H groups in total. The number of aromatic hydroxyl groups is 1. The highest BCUT2D eigenvalue weighted by Crippen LogP contribution is 2.50. The monoisotopic (exact) mass is 389 g/mol. The van der Waals surface area contributed by atoms with Crippen LogP contribution < -0.4 is 10.2 Å². The quantitative estimate of drug-likeness (QED) is 0.408. The van der Waals surface area contributed by atoms with E-state index in [0.717, 1.165) is 37.2 Å². The summed E-state index contributed by atoms with van der Waals surface area (Å²) in [6.07, 6.45) is 9.67. The molecule has 158 valence electrons. The Morgan fingerprint density at radius 3 is 2.79 bits per heavy atom. The van der Waals surface area contributed by atoms with E-state index in [1.165, 1.54) is 37.7 Å². The predicted molar refractivity (Wildman–Crippen MR) is 114 cm³/mol. The highest BCUT2D eigenvalue weighted by atomic mass is 16.6. The van der Waals surface area contributed by atoms with Crippen LogP contribution in [0.4, 0.5) is 0 Å². The zero-order chi connectivity index (χ0) is 20.1. The minimum Gasteiger partial charge on any atom is -0.508 e. The number of hydroxylamine groups is 1. The lowest BCUT2D eigenvalue weighted by Crippen LogP contribution is -2.39. The van der Waals surface area contributed by atoms with Crippen LogP contribution in [0.1, 0.15) is 95.1 Å². The van der Waals surface area contributed by atoms with E-state index in [2.05, 4.69) is 32.3 Å². The van der Waals surface area contributed by atoms with Crippen molar-refractivity contribution in [1.82, 2.24) is 5.48 Å². The minimum absolute atomic E-state index is 0.346. The van der Waals surface area contributed by atoms with Gasteiger partial charge in [-0.2, -0.15) is 5.48 Å². The van der Waals surface area contributed by atoms with Crippen molar-refractivity contribution < 1.29 is 14.7 Å². The highest BCUT2D eigenvalue weighted by Gasteiger charge is 2.38. The number of rotatable bonds is 9. The van der Waals surface area contributed by atoms with E-state index in [0.29, 0.717) is 35.5 Å². The van der Waals surface area contributed by atoms with E-state index in [9.17, 15) is 5.11 Å². The van der Waals surface area contributed by atoms with Gasteiger partial charge in [0.1, 0.15) is 11.5 Å². The Kier molecular flexibility index (Phi) is 7.64. The largest absolute Gasteiger partial charge is 0.508 e. The standard InChI is InChI=1S/C24H39NO3/c1-5-6-7-8-9-16(2)17(3)19-12-22(26)24-21-14-20(25-27-4)11-10-18(21)15-28-23(24)13-19/h12-13,16-18,20-21,25-26H,5-11,14-15H2,1-4H3. The van der Waals surface area contributed by atoms with Crippen molar-refractivity contribution in [2.24, 2.45) is 11.8 Å². The SMILES string of the molecule is CCCCCCC(C)C(C)c1cc(O)c2c(c1)OCC1CCC(NOC)CC21. The molecule has 0 radical (unpaired) electrons. The zero-order valence-corrected chi connectivity index (χ0v) is 18.2. The van der Waals surface area contributed by atoms with Crippen LogP contribution >= 0.6 is 0 Å². The van der Waals surface area contributed by atoms with Gasteiger partial charge in [-0.1, -0.05) is 52.9 Å². The van der Waals surface area contributed by atoms with Gasteiger partial charge in [-0.3, -0.25) is 0 Å². The Labute approximate surface area is 171 Å². The summed E-state index contributed by atoms with van der Waals surface area (Å²) in [6, 6.07) is 4.55. The second-order valence-electron chi connectivity index (χ2n) is 9.08. The molecule has 0 amide bonds. The van der Waals surface area contributed by atoms with E-state index in [1.807, 2.05) is 6.07 Å². The Morgan fingerprint density at radius 1 is 1.21 bits per heavy atom. The molecule has 1 aliphatic carbocycles. The van der Waals surface area contributed by atoms with Crippen molar-refractivity contribution in [3.8, 4) is 11.5 Å². The molecule has 1 aromatic rings. The molecule has 0 aromatic heterocycles. The van der Waals surface area contributed by atoms with Gasteiger partial charge >= 0.3 is 0 Å². The topological polar surface area (TPSA) is 50.7 Å². The van der Waals surface area contributed by atoms with E-state index >= 15 is 0 Å². The fraction of sp³-hybridized carbons (Fsp3) is 0.750. The molecule has 4 nitrogen and oxygen atoms in total. The van der Waals surface area contributed by atoms with Crippen molar-refractivity contribution in [2.75, 3.05) is 13.7 Å². The number of hydrogen-bond acceptors (Lipinski definition) is 4. The molecule has 0 saturated heterocycles. The van der Waals surface area contributed by atoms with E-state index in [-0.39, 0.29) is 0 Å². The van der Waals surface area contributed by atoms with Crippen LogP contribution in [0.2, 0.25) is 0 Å².